The van der Waals surface area contributed by atoms with Gasteiger partial charge in [-0.05, 0) is 26.9 Å². The Hall–Kier alpha value is -0.0800. The van der Waals surface area contributed by atoms with Crippen LogP contribution >= 0.6 is 0 Å². The lowest BCUT2D eigenvalue weighted by atomic mass is 10.0. The molecule has 2 fully saturated rings. The standard InChI is InChI=1S/C9H17NO/c1-10(2)9(11)7-5-3-4-6-8(7)9/h7-8,11H,3-6H2,1-2H3/t7-,8+,9?. The van der Waals surface area contributed by atoms with Crippen LogP contribution in [0.3, 0.4) is 0 Å². The van der Waals surface area contributed by atoms with E-state index in [1.807, 2.05) is 19.0 Å². The fraction of sp³-hybridized carbons (Fsp3) is 1.00. The van der Waals surface area contributed by atoms with Gasteiger partial charge in [0.15, 0.2) is 0 Å². The lowest BCUT2D eigenvalue weighted by Gasteiger charge is -2.19. The Labute approximate surface area is 68.2 Å². The van der Waals surface area contributed by atoms with E-state index in [1.54, 1.807) is 0 Å². The summed E-state index contributed by atoms with van der Waals surface area (Å²) in [5, 5.41) is 10.1. The van der Waals surface area contributed by atoms with Crippen molar-refractivity contribution < 1.29 is 5.11 Å². The minimum Gasteiger partial charge on any atom is -0.375 e. The summed E-state index contributed by atoms with van der Waals surface area (Å²) in [6.45, 7) is 0. The van der Waals surface area contributed by atoms with Crippen LogP contribution in [0.2, 0.25) is 0 Å². The Kier molecular flexibility index (Phi) is 1.52. The quantitative estimate of drug-likeness (QED) is 0.572. The first-order valence-electron chi connectivity index (χ1n) is 4.57. The molecular formula is C9H17NO. The first kappa shape index (κ1) is 7.56. The zero-order valence-corrected chi connectivity index (χ0v) is 7.38. The highest BCUT2D eigenvalue weighted by atomic mass is 16.3. The molecule has 2 aliphatic carbocycles. The van der Waals surface area contributed by atoms with Gasteiger partial charge in [0.2, 0.25) is 0 Å². The van der Waals surface area contributed by atoms with Gasteiger partial charge in [0.1, 0.15) is 5.72 Å². The van der Waals surface area contributed by atoms with E-state index in [0.717, 1.165) is 0 Å². The number of fused-ring (bicyclic) bond motifs is 1. The van der Waals surface area contributed by atoms with Gasteiger partial charge in [-0.15, -0.1) is 0 Å². The minimum atomic E-state index is -0.420. The molecule has 0 heterocycles. The second kappa shape index (κ2) is 2.20. The van der Waals surface area contributed by atoms with E-state index < -0.39 is 5.72 Å². The second-order valence-corrected chi connectivity index (χ2v) is 4.17. The molecule has 0 saturated heterocycles. The van der Waals surface area contributed by atoms with Crippen LogP contribution < -0.4 is 0 Å². The smallest absolute Gasteiger partial charge is 0.124 e. The van der Waals surface area contributed by atoms with Gasteiger partial charge in [0.05, 0.1) is 0 Å². The molecule has 0 amide bonds. The summed E-state index contributed by atoms with van der Waals surface area (Å²) in [5.41, 5.74) is -0.420. The zero-order valence-electron chi connectivity index (χ0n) is 7.38. The van der Waals surface area contributed by atoms with Crippen molar-refractivity contribution in [3.8, 4) is 0 Å². The van der Waals surface area contributed by atoms with Crippen molar-refractivity contribution in [3.63, 3.8) is 0 Å². The average molecular weight is 155 g/mol. The van der Waals surface area contributed by atoms with Crippen molar-refractivity contribution in [2.75, 3.05) is 14.1 Å². The van der Waals surface area contributed by atoms with Crippen LogP contribution in [0.5, 0.6) is 0 Å². The fourth-order valence-corrected chi connectivity index (χ4v) is 2.72. The van der Waals surface area contributed by atoms with Gasteiger partial charge in [0.25, 0.3) is 0 Å². The zero-order chi connectivity index (χ0) is 8.06. The molecule has 0 bridgehead atoms. The molecule has 3 atom stereocenters. The fourth-order valence-electron chi connectivity index (χ4n) is 2.72. The minimum absolute atomic E-state index is 0.420. The van der Waals surface area contributed by atoms with Crippen LogP contribution in [0.1, 0.15) is 25.7 Å². The number of nitrogens with zero attached hydrogens (tertiary/aromatic N) is 1. The van der Waals surface area contributed by atoms with E-state index in [-0.39, 0.29) is 0 Å². The molecule has 1 N–H and O–H groups in total. The van der Waals surface area contributed by atoms with Gasteiger partial charge in [-0.25, -0.2) is 0 Å². The highest BCUT2D eigenvalue weighted by Gasteiger charge is 2.65. The topological polar surface area (TPSA) is 23.5 Å². The van der Waals surface area contributed by atoms with Gasteiger partial charge >= 0.3 is 0 Å². The third-order valence-corrected chi connectivity index (χ3v) is 3.46. The second-order valence-electron chi connectivity index (χ2n) is 4.17. The van der Waals surface area contributed by atoms with Crippen LogP contribution in [0.4, 0.5) is 0 Å². The predicted octanol–water partition coefficient (Wildman–Crippen LogP) is 1.06. The van der Waals surface area contributed by atoms with Crippen LogP contribution in [-0.4, -0.2) is 29.8 Å². The molecular weight excluding hydrogens is 138 g/mol. The van der Waals surface area contributed by atoms with Crippen LogP contribution in [-0.2, 0) is 0 Å². The summed E-state index contributed by atoms with van der Waals surface area (Å²) in [5.74, 6) is 1.18. The van der Waals surface area contributed by atoms with Gasteiger partial charge in [0, 0.05) is 11.8 Å². The van der Waals surface area contributed by atoms with E-state index in [2.05, 4.69) is 0 Å². The molecule has 2 saturated carbocycles. The molecule has 2 nitrogen and oxygen atoms in total. The van der Waals surface area contributed by atoms with Crippen molar-refractivity contribution in [3.05, 3.63) is 0 Å². The highest BCUT2D eigenvalue weighted by molar-refractivity contribution is 5.11. The monoisotopic (exact) mass is 155 g/mol. The molecule has 11 heavy (non-hydrogen) atoms. The van der Waals surface area contributed by atoms with Crippen LogP contribution in [0.15, 0.2) is 0 Å². The van der Waals surface area contributed by atoms with Crippen molar-refractivity contribution in [1.29, 1.82) is 0 Å². The maximum atomic E-state index is 10.1. The SMILES string of the molecule is CN(C)C1(O)[C@@H]2CCCC[C@@H]21. The highest BCUT2D eigenvalue weighted by Crippen LogP contribution is 2.59. The summed E-state index contributed by atoms with van der Waals surface area (Å²) in [7, 11) is 3.97. The van der Waals surface area contributed by atoms with E-state index in [9.17, 15) is 5.11 Å². The Morgan fingerprint density at radius 1 is 1.18 bits per heavy atom. The van der Waals surface area contributed by atoms with Gasteiger partial charge in [-0.3, -0.25) is 4.90 Å². The summed E-state index contributed by atoms with van der Waals surface area (Å²) in [4.78, 5) is 1.99. The lowest BCUT2D eigenvalue weighted by molar-refractivity contribution is -0.0131. The van der Waals surface area contributed by atoms with Crippen molar-refractivity contribution >= 4 is 0 Å². The maximum absolute atomic E-state index is 10.1. The third-order valence-electron chi connectivity index (χ3n) is 3.46. The van der Waals surface area contributed by atoms with Crippen LogP contribution in [0.25, 0.3) is 0 Å². The molecule has 0 aromatic rings. The van der Waals surface area contributed by atoms with Crippen molar-refractivity contribution in [1.82, 2.24) is 4.90 Å². The number of hydrogen-bond donors (Lipinski definition) is 1. The molecule has 0 aromatic carbocycles. The lowest BCUT2D eigenvalue weighted by Crippen LogP contribution is -2.33. The Bertz CT molecular complexity index is 155. The molecule has 0 spiro atoms. The Morgan fingerprint density at radius 2 is 1.64 bits per heavy atom. The molecule has 1 unspecified atom stereocenters. The molecule has 64 valence electrons. The van der Waals surface area contributed by atoms with Gasteiger partial charge in [-0.1, -0.05) is 12.8 Å². The molecule has 0 radical (unpaired) electrons. The first-order chi connectivity index (χ1) is 5.17. The normalized spacial score (nSPS) is 49.1. The Balaban J connectivity index is 2.08. The predicted molar refractivity (Wildman–Crippen MR) is 44.1 cm³/mol. The van der Waals surface area contributed by atoms with E-state index in [4.69, 9.17) is 0 Å². The summed E-state index contributed by atoms with van der Waals surface area (Å²) < 4.78 is 0. The molecule has 2 rings (SSSR count). The number of rotatable bonds is 1. The van der Waals surface area contributed by atoms with Crippen molar-refractivity contribution in [2.24, 2.45) is 11.8 Å². The summed E-state index contributed by atoms with van der Waals surface area (Å²) >= 11 is 0. The molecule has 2 heteroatoms. The van der Waals surface area contributed by atoms with E-state index in [0.29, 0.717) is 11.8 Å². The molecule has 2 aliphatic rings. The van der Waals surface area contributed by atoms with Gasteiger partial charge in [-0.2, -0.15) is 0 Å². The summed E-state index contributed by atoms with van der Waals surface area (Å²) in [6.07, 6.45) is 5.10. The maximum Gasteiger partial charge on any atom is 0.124 e. The van der Waals surface area contributed by atoms with E-state index in [1.165, 1.54) is 25.7 Å². The van der Waals surface area contributed by atoms with Crippen LogP contribution in [0, 0.1) is 11.8 Å². The van der Waals surface area contributed by atoms with E-state index >= 15 is 0 Å². The Morgan fingerprint density at radius 3 is 2.00 bits per heavy atom. The van der Waals surface area contributed by atoms with Crippen molar-refractivity contribution in [2.45, 2.75) is 31.4 Å². The summed E-state index contributed by atoms with van der Waals surface area (Å²) in [6, 6.07) is 0. The number of hydrogen-bond acceptors (Lipinski definition) is 2. The number of aliphatic hydroxyl groups is 1. The molecule has 0 aliphatic heterocycles. The largest absolute Gasteiger partial charge is 0.375 e. The average Bonchev–Trinajstić information content (AvgIpc) is 2.61. The molecule has 0 aromatic heterocycles. The first-order valence-corrected chi connectivity index (χ1v) is 4.57. The van der Waals surface area contributed by atoms with Gasteiger partial charge < -0.3 is 5.11 Å². The third kappa shape index (κ3) is 0.859.